The topological polar surface area (TPSA) is 93.5 Å². The smallest absolute Gasteiger partial charge is 0.239 e. The molecule has 1 fully saturated rings. The molecular weight excluding hydrogens is 258 g/mol. The molecule has 0 bridgehead atoms. The molecular formula is C14H27N3O3. The number of carbonyl (C=O) groups is 2. The van der Waals surface area contributed by atoms with Gasteiger partial charge < -0.3 is 21.1 Å². The Hall–Kier alpha value is -1.14. The van der Waals surface area contributed by atoms with Crippen LogP contribution in [0.25, 0.3) is 0 Å². The molecule has 0 aromatic rings. The first-order valence-corrected chi connectivity index (χ1v) is 7.22. The lowest BCUT2D eigenvalue weighted by Crippen LogP contribution is -2.48. The van der Waals surface area contributed by atoms with Gasteiger partial charge in [-0.05, 0) is 24.2 Å². The van der Waals surface area contributed by atoms with Crippen LogP contribution in [0.2, 0.25) is 0 Å². The highest BCUT2D eigenvalue weighted by Gasteiger charge is 2.27. The van der Waals surface area contributed by atoms with Crippen molar-refractivity contribution in [2.45, 2.75) is 39.7 Å². The SMILES string of the molecule is CC(C)[C@H](N)C(=O)NCC(=O)NCC1(C)CCOCC1. The van der Waals surface area contributed by atoms with E-state index in [1.807, 2.05) is 13.8 Å². The van der Waals surface area contributed by atoms with Crippen LogP contribution in [0.1, 0.15) is 33.6 Å². The van der Waals surface area contributed by atoms with Crippen molar-refractivity contribution >= 4 is 11.8 Å². The second-order valence-corrected chi connectivity index (χ2v) is 6.19. The molecule has 0 spiro atoms. The summed E-state index contributed by atoms with van der Waals surface area (Å²) in [6.45, 7) is 7.96. The van der Waals surface area contributed by atoms with Gasteiger partial charge >= 0.3 is 0 Å². The van der Waals surface area contributed by atoms with Gasteiger partial charge in [-0.3, -0.25) is 9.59 Å². The first-order chi connectivity index (χ1) is 9.34. The van der Waals surface area contributed by atoms with E-state index >= 15 is 0 Å². The van der Waals surface area contributed by atoms with Crippen molar-refractivity contribution in [2.75, 3.05) is 26.3 Å². The molecule has 0 saturated carbocycles. The number of carbonyl (C=O) groups excluding carboxylic acids is 2. The molecule has 116 valence electrons. The van der Waals surface area contributed by atoms with Crippen LogP contribution in [0.5, 0.6) is 0 Å². The van der Waals surface area contributed by atoms with Crippen LogP contribution in [-0.2, 0) is 14.3 Å². The number of hydrogen-bond donors (Lipinski definition) is 3. The zero-order valence-corrected chi connectivity index (χ0v) is 12.7. The number of rotatable bonds is 6. The summed E-state index contributed by atoms with van der Waals surface area (Å²) in [6.07, 6.45) is 1.88. The minimum absolute atomic E-state index is 0.0220. The largest absolute Gasteiger partial charge is 0.381 e. The van der Waals surface area contributed by atoms with E-state index in [0.717, 1.165) is 26.1 Å². The molecule has 1 saturated heterocycles. The minimum Gasteiger partial charge on any atom is -0.381 e. The highest BCUT2D eigenvalue weighted by molar-refractivity contribution is 5.87. The van der Waals surface area contributed by atoms with Gasteiger partial charge in [0.15, 0.2) is 0 Å². The Bertz CT molecular complexity index is 339. The maximum atomic E-state index is 11.7. The zero-order chi connectivity index (χ0) is 15.2. The van der Waals surface area contributed by atoms with E-state index in [9.17, 15) is 9.59 Å². The van der Waals surface area contributed by atoms with Gasteiger partial charge in [-0.25, -0.2) is 0 Å². The second-order valence-electron chi connectivity index (χ2n) is 6.19. The molecule has 0 unspecified atom stereocenters. The number of nitrogens with one attached hydrogen (secondary N) is 2. The van der Waals surface area contributed by atoms with Crippen LogP contribution in [0.4, 0.5) is 0 Å². The van der Waals surface area contributed by atoms with Gasteiger partial charge in [-0.1, -0.05) is 20.8 Å². The van der Waals surface area contributed by atoms with Crippen LogP contribution in [0, 0.1) is 11.3 Å². The van der Waals surface area contributed by atoms with E-state index in [1.165, 1.54) is 0 Å². The van der Waals surface area contributed by atoms with Crippen molar-refractivity contribution in [1.29, 1.82) is 0 Å². The maximum absolute atomic E-state index is 11.7. The summed E-state index contributed by atoms with van der Waals surface area (Å²) in [5, 5.41) is 5.43. The fourth-order valence-electron chi connectivity index (χ4n) is 2.00. The van der Waals surface area contributed by atoms with Crippen molar-refractivity contribution in [3.05, 3.63) is 0 Å². The molecule has 6 nitrogen and oxygen atoms in total. The molecule has 1 atom stereocenters. The van der Waals surface area contributed by atoms with Crippen molar-refractivity contribution < 1.29 is 14.3 Å². The van der Waals surface area contributed by atoms with Gasteiger partial charge in [-0.2, -0.15) is 0 Å². The Morgan fingerprint density at radius 2 is 1.85 bits per heavy atom. The number of ether oxygens (including phenoxy) is 1. The Kier molecular flexibility index (Phi) is 6.42. The third kappa shape index (κ3) is 5.46. The van der Waals surface area contributed by atoms with Gasteiger partial charge in [0.25, 0.3) is 0 Å². The highest BCUT2D eigenvalue weighted by Crippen LogP contribution is 2.28. The van der Waals surface area contributed by atoms with Crippen LogP contribution in [-0.4, -0.2) is 44.2 Å². The fraction of sp³-hybridized carbons (Fsp3) is 0.857. The molecule has 1 aliphatic rings. The van der Waals surface area contributed by atoms with E-state index in [0.29, 0.717) is 6.54 Å². The molecule has 2 amide bonds. The third-order valence-electron chi connectivity index (χ3n) is 3.86. The lowest BCUT2D eigenvalue weighted by Gasteiger charge is -2.33. The lowest BCUT2D eigenvalue weighted by atomic mass is 9.82. The first kappa shape index (κ1) is 16.9. The van der Waals surface area contributed by atoms with Crippen molar-refractivity contribution in [1.82, 2.24) is 10.6 Å². The molecule has 0 aromatic carbocycles. The average molecular weight is 285 g/mol. The number of hydrogen-bond acceptors (Lipinski definition) is 4. The second kappa shape index (κ2) is 7.59. The molecule has 0 radical (unpaired) electrons. The molecule has 1 aliphatic heterocycles. The summed E-state index contributed by atoms with van der Waals surface area (Å²) in [4.78, 5) is 23.4. The van der Waals surface area contributed by atoms with E-state index < -0.39 is 6.04 Å². The maximum Gasteiger partial charge on any atom is 0.239 e. The predicted octanol–water partition coefficient (Wildman–Crippen LogP) is 0.0188. The minimum atomic E-state index is -0.573. The molecule has 4 N–H and O–H groups in total. The zero-order valence-electron chi connectivity index (χ0n) is 12.7. The van der Waals surface area contributed by atoms with E-state index in [1.54, 1.807) is 0 Å². The Balaban J connectivity index is 2.25. The monoisotopic (exact) mass is 285 g/mol. The number of amides is 2. The first-order valence-electron chi connectivity index (χ1n) is 7.22. The van der Waals surface area contributed by atoms with Crippen molar-refractivity contribution in [3.63, 3.8) is 0 Å². The summed E-state index contributed by atoms with van der Waals surface area (Å²) < 4.78 is 5.32. The van der Waals surface area contributed by atoms with Gasteiger partial charge in [0, 0.05) is 19.8 Å². The van der Waals surface area contributed by atoms with Crippen molar-refractivity contribution in [3.8, 4) is 0 Å². The van der Waals surface area contributed by atoms with Gasteiger partial charge in [0.2, 0.25) is 11.8 Å². The summed E-state index contributed by atoms with van der Waals surface area (Å²) in [5.41, 5.74) is 5.79. The summed E-state index contributed by atoms with van der Waals surface area (Å²) >= 11 is 0. The Morgan fingerprint density at radius 3 is 2.40 bits per heavy atom. The normalized spacial score (nSPS) is 19.4. The van der Waals surface area contributed by atoms with Crippen molar-refractivity contribution in [2.24, 2.45) is 17.1 Å². The van der Waals surface area contributed by atoms with E-state index in [2.05, 4.69) is 17.6 Å². The van der Waals surface area contributed by atoms with Crippen LogP contribution in [0.3, 0.4) is 0 Å². The molecule has 1 heterocycles. The molecule has 20 heavy (non-hydrogen) atoms. The third-order valence-corrected chi connectivity index (χ3v) is 3.86. The van der Waals surface area contributed by atoms with Gasteiger partial charge in [0.1, 0.15) is 0 Å². The standard InChI is InChI=1S/C14H27N3O3/c1-10(2)12(15)13(19)16-8-11(18)17-9-14(3)4-6-20-7-5-14/h10,12H,4-9,15H2,1-3H3,(H,16,19)(H,17,18)/t12-/m0/s1. The summed E-state index contributed by atoms with van der Waals surface area (Å²) in [5.74, 6) is -0.409. The Morgan fingerprint density at radius 1 is 1.25 bits per heavy atom. The highest BCUT2D eigenvalue weighted by atomic mass is 16.5. The Labute approximate surface area is 120 Å². The summed E-state index contributed by atoms with van der Waals surface area (Å²) in [6, 6.07) is -0.573. The van der Waals surface area contributed by atoms with E-state index in [4.69, 9.17) is 10.5 Å². The molecule has 0 aliphatic carbocycles. The quantitative estimate of drug-likeness (QED) is 0.641. The summed E-state index contributed by atoms with van der Waals surface area (Å²) in [7, 11) is 0. The van der Waals surface area contributed by atoms with Gasteiger partial charge in [0.05, 0.1) is 12.6 Å². The molecule has 1 rings (SSSR count). The van der Waals surface area contributed by atoms with Crippen LogP contribution >= 0.6 is 0 Å². The molecule has 6 heteroatoms. The average Bonchev–Trinajstić information content (AvgIpc) is 2.42. The lowest BCUT2D eigenvalue weighted by molar-refractivity contribution is -0.127. The fourth-order valence-corrected chi connectivity index (χ4v) is 2.00. The number of nitrogens with two attached hydrogens (primary N) is 1. The van der Waals surface area contributed by atoms with Crippen LogP contribution < -0.4 is 16.4 Å². The molecule has 0 aromatic heterocycles. The van der Waals surface area contributed by atoms with E-state index in [-0.39, 0.29) is 29.7 Å². The predicted molar refractivity (Wildman–Crippen MR) is 77.0 cm³/mol. The van der Waals surface area contributed by atoms with Gasteiger partial charge in [-0.15, -0.1) is 0 Å². The van der Waals surface area contributed by atoms with Crippen LogP contribution in [0.15, 0.2) is 0 Å².